The summed E-state index contributed by atoms with van der Waals surface area (Å²) in [7, 11) is 0. The van der Waals surface area contributed by atoms with Gasteiger partial charge in [-0.2, -0.15) is 0 Å². The van der Waals surface area contributed by atoms with E-state index in [9.17, 15) is 0 Å². The standard InChI is InChI=1S/C22H30N4O/c1-5-24(6-2)19-11-9-18(10-12-19)22-23-26(17-27-22)21-15-13-20(14-16-21)25(7-3)8-4/h9-16H,5-8,17H2,1-4H3. The molecular formula is C22H30N4O. The molecule has 1 aliphatic heterocycles. The van der Waals surface area contributed by atoms with Crippen LogP contribution in [0.4, 0.5) is 17.1 Å². The first-order valence-corrected chi connectivity index (χ1v) is 9.89. The van der Waals surface area contributed by atoms with E-state index in [1.807, 2.05) is 5.01 Å². The predicted molar refractivity (Wildman–Crippen MR) is 115 cm³/mol. The molecule has 0 saturated heterocycles. The summed E-state index contributed by atoms with van der Waals surface area (Å²) in [6.45, 7) is 13.2. The van der Waals surface area contributed by atoms with Gasteiger partial charge in [-0.1, -0.05) is 0 Å². The molecule has 1 aliphatic rings. The van der Waals surface area contributed by atoms with E-state index in [4.69, 9.17) is 4.74 Å². The van der Waals surface area contributed by atoms with Gasteiger partial charge in [0.15, 0.2) is 6.73 Å². The van der Waals surface area contributed by atoms with E-state index in [1.165, 1.54) is 11.4 Å². The average Bonchev–Trinajstić information content (AvgIpc) is 3.21. The molecule has 144 valence electrons. The van der Waals surface area contributed by atoms with Gasteiger partial charge in [0.2, 0.25) is 5.90 Å². The zero-order chi connectivity index (χ0) is 19.2. The number of hydrazone groups is 1. The lowest BCUT2D eigenvalue weighted by atomic mass is 10.2. The summed E-state index contributed by atoms with van der Waals surface area (Å²) in [5, 5.41) is 6.56. The zero-order valence-corrected chi connectivity index (χ0v) is 16.9. The Balaban J connectivity index is 1.72. The van der Waals surface area contributed by atoms with E-state index in [1.54, 1.807) is 0 Å². The minimum atomic E-state index is 0.442. The van der Waals surface area contributed by atoms with Crippen molar-refractivity contribution in [2.45, 2.75) is 27.7 Å². The highest BCUT2D eigenvalue weighted by Gasteiger charge is 2.19. The zero-order valence-electron chi connectivity index (χ0n) is 16.9. The number of hydrogen-bond donors (Lipinski definition) is 0. The molecule has 0 aromatic heterocycles. The largest absolute Gasteiger partial charge is 0.453 e. The summed E-state index contributed by atoms with van der Waals surface area (Å²) < 4.78 is 5.83. The van der Waals surface area contributed by atoms with Gasteiger partial charge >= 0.3 is 0 Å². The third-order valence-corrected chi connectivity index (χ3v) is 5.05. The highest BCUT2D eigenvalue weighted by molar-refractivity contribution is 5.96. The van der Waals surface area contributed by atoms with Crippen molar-refractivity contribution in [3.8, 4) is 0 Å². The minimum Gasteiger partial charge on any atom is -0.453 e. The van der Waals surface area contributed by atoms with Crippen LogP contribution in [-0.4, -0.2) is 38.8 Å². The molecule has 2 aromatic carbocycles. The van der Waals surface area contributed by atoms with Gasteiger partial charge in [0.25, 0.3) is 0 Å². The molecule has 27 heavy (non-hydrogen) atoms. The number of hydrogen-bond acceptors (Lipinski definition) is 5. The molecule has 1 heterocycles. The van der Waals surface area contributed by atoms with E-state index in [-0.39, 0.29) is 0 Å². The smallest absolute Gasteiger partial charge is 0.240 e. The summed E-state index contributed by atoms with van der Waals surface area (Å²) in [4.78, 5) is 4.65. The summed E-state index contributed by atoms with van der Waals surface area (Å²) in [5.74, 6) is 0.675. The second kappa shape index (κ2) is 8.80. The summed E-state index contributed by atoms with van der Waals surface area (Å²) in [6, 6.07) is 16.9. The first-order chi connectivity index (χ1) is 13.2. The van der Waals surface area contributed by atoms with Crippen LogP contribution in [0.2, 0.25) is 0 Å². The second-order valence-electron chi connectivity index (χ2n) is 6.49. The van der Waals surface area contributed by atoms with Crippen molar-refractivity contribution < 1.29 is 4.74 Å². The third-order valence-electron chi connectivity index (χ3n) is 5.05. The number of rotatable bonds is 8. The summed E-state index contributed by atoms with van der Waals surface area (Å²) in [5.41, 5.74) is 4.51. The molecule has 3 rings (SSSR count). The second-order valence-corrected chi connectivity index (χ2v) is 6.49. The molecule has 0 radical (unpaired) electrons. The van der Waals surface area contributed by atoms with Gasteiger partial charge in [-0.15, -0.1) is 5.10 Å². The van der Waals surface area contributed by atoms with Crippen molar-refractivity contribution in [2.24, 2.45) is 5.10 Å². The maximum Gasteiger partial charge on any atom is 0.240 e. The Morgan fingerprint density at radius 3 is 1.74 bits per heavy atom. The van der Waals surface area contributed by atoms with E-state index in [0.29, 0.717) is 12.6 Å². The quantitative estimate of drug-likeness (QED) is 0.687. The van der Waals surface area contributed by atoms with Crippen LogP contribution < -0.4 is 14.8 Å². The molecule has 5 nitrogen and oxygen atoms in total. The Hall–Kier alpha value is -2.69. The first kappa shape index (κ1) is 19.1. The van der Waals surface area contributed by atoms with Crippen LogP contribution in [0, 0.1) is 0 Å². The van der Waals surface area contributed by atoms with Gasteiger partial charge in [0, 0.05) is 43.1 Å². The van der Waals surface area contributed by atoms with Gasteiger partial charge in [0.1, 0.15) is 0 Å². The van der Waals surface area contributed by atoms with E-state index >= 15 is 0 Å². The van der Waals surface area contributed by atoms with Gasteiger partial charge in [-0.3, -0.25) is 0 Å². The lowest BCUT2D eigenvalue weighted by Crippen LogP contribution is -2.21. The fourth-order valence-electron chi connectivity index (χ4n) is 3.39. The van der Waals surface area contributed by atoms with Crippen LogP contribution in [0.25, 0.3) is 0 Å². The highest BCUT2D eigenvalue weighted by Crippen LogP contribution is 2.24. The van der Waals surface area contributed by atoms with Crippen LogP contribution >= 0.6 is 0 Å². The van der Waals surface area contributed by atoms with Crippen molar-refractivity contribution in [3.05, 3.63) is 54.1 Å². The van der Waals surface area contributed by atoms with Crippen LogP contribution in [0.3, 0.4) is 0 Å². The van der Waals surface area contributed by atoms with Crippen LogP contribution in [0.1, 0.15) is 33.3 Å². The van der Waals surface area contributed by atoms with Crippen molar-refractivity contribution in [1.29, 1.82) is 0 Å². The molecule has 0 spiro atoms. The molecule has 0 atom stereocenters. The van der Waals surface area contributed by atoms with Crippen molar-refractivity contribution in [3.63, 3.8) is 0 Å². The molecule has 2 aromatic rings. The van der Waals surface area contributed by atoms with Gasteiger partial charge in [0.05, 0.1) is 5.69 Å². The lowest BCUT2D eigenvalue weighted by molar-refractivity contribution is 0.338. The Morgan fingerprint density at radius 2 is 1.26 bits per heavy atom. The molecule has 0 unspecified atom stereocenters. The van der Waals surface area contributed by atoms with Gasteiger partial charge < -0.3 is 14.5 Å². The van der Waals surface area contributed by atoms with Crippen LogP contribution in [-0.2, 0) is 4.74 Å². The number of nitrogens with zero attached hydrogens (tertiary/aromatic N) is 4. The normalized spacial score (nSPS) is 13.3. The van der Waals surface area contributed by atoms with E-state index in [2.05, 4.69) is 91.1 Å². The van der Waals surface area contributed by atoms with Gasteiger partial charge in [-0.25, -0.2) is 5.01 Å². The number of ether oxygens (including phenoxy) is 1. The van der Waals surface area contributed by atoms with Crippen LogP contribution in [0.5, 0.6) is 0 Å². The Morgan fingerprint density at radius 1 is 0.778 bits per heavy atom. The topological polar surface area (TPSA) is 31.3 Å². The monoisotopic (exact) mass is 366 g/mol. The Bertz CT molecular complexity index is 747. The molecule has 0 aliphatic carbocycles. The number of benzene rings is 2. The SMILES string of the molecule is CCN(CC)c1ccc(C2=NN(c3ccc(N(CC)CC)cc3)CO2)cc1. The minimum absolute atomic E-state index is 0.442. The first-order valence-electron chi connectivity index (χ1n) is 9.89. The molecule has 0 N–H and O–H groups in total. The Kier molecular flexibility index (Phi) is 6.22. The van der Waals surface area contributed by atoms with Crippen molar-refractivity contribution in [1.82, 2.24) is 0 Å². The number of anilines is 3. The van der Waals surface area contributed by atoms with Crippen molar-refractivity contribution >= 4 is 23.0 Å². The molecule has 0 amide bonds. The highest BCUT2D eigenvalue weighted by atomic mass is 16.5. The fourth-order valence-corrected chi connectivity index (χ4v) is 3.39. The molecule has 0 fully saturated rings. The molecule has 0 saturated carbocycles. The van der Waals surface area contributed by atoms with Crippen molar-refractivity contribution in [2.75, 3.05) is 47.7 Å². The third kappa shape index (κ3) is 4.18. The lowest BCUT2D eigenvalue weighted by Gasteiger charge is -2.21. The maximum absolute atomic E-state index is 5.83. The molecule has 5 heteroatoms. The fraction of sp³-hybridized carbons (Fsp3) is 0.409. The Labute approximate surface area is 162 Å². The summed E-state index contributed by atoms with van der Waals surface area (Å²) in [6.07, 6.45) is 0. The van der Waals surface area contributed by atoms with Crippen LogP contribution in [0.15, 0.2) is 53.6 Å². The van der Waals surface area contributed by atoms with E-state index < -0.39 is 0 Å². The average molecular weight is 367 g/mol. The molecular weight excluding hydrogens is 336 g/mol. The predicted octanol–water partition coefficient (Wildman–Crippen LogP) is 4.53. The molecule has 0 bridgehead atoms. The maximum atomic E-state index is 5.83. The van der Waals surface area contributed by atoms with Gasteiger partial charge in [-0.05, 0) is 76.2 Å². The summed E-state index contributed by atoms with van der Waals surface area (Å²) >= 11 is 0. The van der Waals surface area contributed by atoms with E-state index in [0.717, 1.165) is 37.4 Å².